The third-order valence-electron chi connectivity index (χ3n) is 9.07. The molecule has 47 heavy (non-hydrogen) atoms. The topological polar surface area (TPSA) is 84.9 Å². The lowest BCUT2D eigenvalue weighted by atomic mass is 10.0. The number of benzene rings is 1. The SMILES string of the molecule is CN(Cc1cccnc1F)C(=O)c1ccc(C[C@@H]2CC[C@H]([C@H](O[Si](C)(C)C(C)(C)C)c3ccc(Cl)nc3)N2C(=O)OC(C)(C)C)cc1. The summed E-state index contributed by atoms with van der Waals surface area (Å²) in [5.41, 5.74) is 2.02. The molecule has 1 aliphatic heterocycles. The lowest BCUT2D eigenvalue weighted by molar-refractivity contribution is -0.00244. The summed E-state index contributed by atoms with van der Waals surface area (Å²) < 4.78 is 27.1. The third-order valence-corrected chi connectivity index (χ3v) is 13.7. The van der Waals surface area contributed by atoms with Gasteiger partial charge in [-0.05, 0) is 88.0 Å². The maximum absolute atomic E-state index is 14.1. The zero-order valence-corrected chi connectivity index (χ0v) is 30.8. The van der Waals surface area contributed by atoms with Crippen LogP contribution in [0.1, 0.15) is 87.5 Å². The second-order valence-corrected chi connectivity index (χ2v) is 20.1. The molecule has 4 rings (SSSR count). The summed E-state index contributed by atoms with van der Waals surface area (Å²) >= 11 is 6.17. The van der Waals surface area contributed by atoms with Crippen LogP contribution < -0.4 is 0 Å². The number of pyridine rings is 2. The molecule has 1 aliphatic rings. The third kappa shape index (κ3) is 9.18. The Morgan fingerprint density at radius 3 is 2.30 bits per heavy atom. The first-order chi connectivity index (χ1) is 21.9. The Kier molecular flexibility index (Phi) is 11.2. The Morgan fingerprint density at radius 2 is 1.72 bits per heavy atom. The summed E-state index contributed by atoms with van der Waals surface area (Å²) in [6.07, 6.45) is 4.38. The first-order valence-electron chi connectivity index (χ1n) is 16.1. The van der Waals surface area contributed by atoms with Gasteiger partial charge in [-0.15, -0.1) is 0 Å². The fourth-order valence-electron chi connectivity index (χ4n) is 5.57. The summed E-state index contributed by atoms with van der Waals surface area (Å²) in [7, 11) is -0.656. The quantitative estimate of drug-likeness (QED) is 0.166. The van der Waals surface area contributed by atoms with Crippen molar-refractivity contribution in [1.29, 1.82) is 0 Å². The zero-order chi connectivity index (χ0) is 34.7. The van der Waals surface area contributed by atoms with E-state index in [4.69, 9.17) is 20.8 Å². The van der Waals surface area contributed by atoms with Gasteiger partial charge in [-0.25, -0.2) is 14.8 Å². The molecule has 2 amide bonds. The highest BCUT2D eigenvalue weighted by atomic mass is 35.5. The maximum Gasteiger partial charge on any atom is 0.410 e. The van der Waals surface area contributed by atoms with Crippen LogP contribution in [0.3, 0.4) is 0 Å². The molecule has 8 nitrogen and oxygen atoms in total. The normalized spacial score (nSPS) is 17.8. The predicted octanol–water partition coefficient (Wildman–Crippen LogP) is 8.62. The summed E-state index contributed by atoms with van der Waals surface area (Å²) in [5.74, 6) is -0.811. The Balaban J connectivity index is 1.60. The minimum atomic E-state index is -2.29. The largest absolute Gasteiger partial charge is 0.444 e. The predicted molar refractivity (Wildman–Crippen MR) is 185 cm³/mol. The number of halogens is 2. The van der Waals surface area contributed by atoms with Crippen molar-refractivity contribution in [2.24, 2.45) is 0 Å². The molecule has 0 radical (unpaired) electrons. The van der Waals surface area contributed by atoms with Crippen molar-refractivity contribution in [2.45, 2.75) is 109 Å². The van der Waals surface area contributed by atoms with E-state index in [2.05, 4.69) is 43.8 Å². The van der Waals surface area contributed by atoms with E-state index < -0.39 is 26.0 Å². The van der Waals surface area contributed by atoms with Crippen molar-refractivity contribution in [3.63, 3.8) is 0 Å². The Labute approximate surface area is 284 Å². The Bertz CT molecular complexity index is 1540. The van der Waals surface area contributed by atoms with E-state index in [1.54, 1.807) is 43.6 Å². The fraction of sp³-hybridized carbons (Fsp3) is 0.500. The highest BCUT2D eigenvalue weighted by Crippen LogP contribution is 2.44. The molecule has 1 saturated heterocycles. The van der Waals surface area contributed by atoms with Crippen molar-refractivity contribution >= 4 is 31.9 Å². The zero-order valence-electron chi connectivity index (χ0n) is 29.0. The molecule has 1 aromatic carbocycles. The van der Waals surface area contributed by atoms with Crippen LogP contribution in [0.25, 0.3) is 0 Å². The number of rotatable bonds is 9. The van der Waals surface area contributed by atoms with Crippen molar-refractivity contribution in [1.82, 2.24) is 19.8 Å². The summed E-state index contributed by atoms with van der Waals surface area (Å²) in [4.78, 5) is 38.5. The minimum Gasteiger partial charge on any atom is -0.444 e. The first kappa shape index (κ1) is 36.5. The van der Waals surface area contributed by atoms with Gasteiger partial charge in [0, 0.05) is 42.2 Å². The average molecular weight is 683 g/mol. The van der Waals surface area contributed by atoms with E-state index in [9.17, 15) is 14.0 Å². The Morgan fingerprint density at radius 1 is 1.04 bits per heavy atom. The van der Waals surface area contributed by atoms with E-state index in [-0.39, 0.29) is 35.7 Å². The van der Waals surface area contributed by atoms with Gasteiger partial charge in [0.2, 0.25) is 5.95 Å². The standard InChI is InChI=1S/C36H48ClFN4O4Si/c1-35(2,3)45-34(44)42-28(17-18-29(42)31(26-16-19-30(37)40-22-26)46-47(8,9)36(4,5)6)21-24-12-14-25(15-13-24)33(43)41(7)23-27-11-10-20-39-32(27)38/h10-16,19-20,22,28-29,31H,17-18,21,23H2,1-9H3/t28-,29+,31+/m0/s1. The molecule has 0 N–H and O–H groups in total. The molecule has 0 aliphatic carbocycles. The summed E-state index contributed by atoms with van der Waals surface area (Å²) in [5, 5.41) is 0.338. The van der Waals surface area contributed by atoms with Crippen LogP contribution in [0.4, 0.5) is 9.18 Å². The van der Waals surface area contributed by atoms with Crippen LogP contribution >= 0.6 is 11.6 Å². The van der Waals surface area contributed by atoms with Crippen LogP contribution in [-0.4, -0.2) is 64.8 Å². The smallest absolute Gasteiger partial charge is 0.410 e. The fourth-order valence-corrected chi connectivity index (χ4v) is 6.96. The molecule has 3 heterocycles. The van der Waals surface area contributed by atoms with Gasteiger partial charge in [-0.2, -0.15) is 4.39 Å². The van der Waals surface area contributed by atoms with Crippen molar-refractivity contribution in [3.05, 3.63) is 94.3 Å². The van der Waals surface area contributed by atoms with Crippen LogP contribution in [0, 0.1) is 5.95 Å². The van der Waals surface area contributed by atoms with Gasteiger partial charge in [0.05, 0.1) is 18.7 Å². The van der Waals surface area contributed by atoms with Crippen LogP contribution in [0.5, 0.6) is 0 Å². The number of hydrogen-bond acceptors (Lipinski definition) is 6. The highest BCUT2D eigenvalue weighted by Gasteiger charge is 2.47. The van der Waals surface area contributed by atoms with Gasteiger partial charge in [-0.1, -0.05) is 56.6 Å². The molecule has 0 bridgehead atoms. The average Bonchev–Trinajstić information content (AvgIpc) is 3.39. The van der Waals surface area contributed by atoms with Crippen LogP contribution in [0.2, 0.25) is 23.3 Å². The van der Waals surface area contributed by atoms with E-state index in [1.165, 1.54) is 11.1 Å². The van der Waals surface area contributed by atoms with Crippen LogP contribution in [0.15, 0.2) is 60.9 Å². The van der Waals surface area contributed by atoms with E-state index in [1.807, 2.05) is 43.9 Å². The number of aromatic nitrogens is 2. The second-order valence-electron chi connectivity index (χ2n) is 14.9. The number of ether oxygens (including phenoxy) is 1. The molecule has 3 atom stereocenters. The number of likely N-dealkylation sites (tertiary alicyclic amines) is 1. The molecule has 254 valence electrons. The molecule has 3 aromatic rings. The highest BCUT2D eigenvalue weighted by molar-refractivity contribution is 6.74. The maximum atomic E-state index is 14.1. The summed E-state index contributed by atoms with van der Waals surface area (Å²) in [6, 6.07) is 13.9. The van der Waals surface area contributed by atoms with Crippen LogP contribution in [-0.2, 0) is 22.1 Å². The molecule has 2 aromatic heterocycles. The van der Waals surface area contributed by atoms with Crippen molar-refractivity contribution in [2.75, 3.05) is 7.05 Å². The second kappa shape index (κ2) is 14.4. The van der Waals surface area contributed by atoms with Gasteiger partial charge in [-0.3, -0.25) is 9.69 Å². The molecular weight excluding hydrogens is 635 g/mol. The molecule has 0 unspecified atom stereocenters. The number of hydrogen-bond donors (Lipinski definition) is 0. The van der Waals surface area contributed by atoms with E-state index in [0.29, 0.717) is 22.7 Å². The monoisotopic (exact) mass is 682 g/mol. The number of nitrogens with zero attached hydrogens (tertiary/aromatic N) is 4. The van der Waals surface area contributed by atoms with E-state index >= 15 is 0 Å². The summed E-state index contributed by atoms with van der Waals surface area (Å²) in [6.45, 7) is 16.7. The number of carbonyl (C=O) groups excluding carboxylic acids is 2. The first-order valence-corrected chi connectivity index (χ1v) is 19.4. The lowest BCUT2D eigenvalue weighted by Crippen LogP contribution is -2.50. The lowest BCUT2D eigenvalue weighted by Gasteiger charge is -2.43. The molecule has 11 heteroatoms. The molecular formula is C36H48ClFN4O4Si. The van der Waals surface area contributed by atoms with Crippen molar-refractivity contribution < 1.29 is 23.1 Å². The number of amides is 2. The van der Waals surface area contributed by atoms with E-state index in [0.717, 1.165) is 24.0 Å². The van der Waals surface area contributed by atoms with Crippen molar-refractivity contribution in [3.8, 4) is 0 Å². The molecule has 0 saturated carbocycles. The van der Waals surface area contributed by atoms with Gasteiger partial charge >= 0.3 is 6.09 Å². The Hall–Kier alpha value is -3.34. The molecule has 1 fully saturated rings. The minimum absolute atomic E-state index is 0.0563. The van der Waals surface area contributed by atoms with Gasteiger partial charge in [0.1, 0.15) is 10.8 Å². The van der Waals surface area contributed by atoms with Gasteiger partial charge < -0.3 is 14.1 Å². The van der Waals surface area contributed by atoms with Gasteiger partial charge in [0.25, 0.3) is 5.91 Å². The molecule has 0 spiro atoms. The number of carbonyl (C=O) groups is 2. The van der Waals surface area contributed by atoms with Gasteiger partial charge in [0.15, 0.2) is 8.32 Å².